The van der Waals surface area contributed by atoms with E-state index < -0.39 is 6.10 Å². The van der Waals surface area contributed by atoms with E-state index in [-0.39, 0.29) is 5.56 Å². The number of aliphatic hydroxyl groups excluding tert-OH is 1. The van der Waals surface area contributed by atoms with E-state index >= 15 is 0 Å². The summed E-state index contributed by atoms with van der Waals surface area (Å²) in [5.41, 5.74) is 1.57. The number of aliphatic hydroxyl groups is 1. The first kappa shape index (κ1) is 14.5. The van der Waals surface area contributed by atoms with E-state index in [4.69, 9.17) is 0 Å². The van der Waals surface area contributed by atoms with Crippen LogP contribution in [-0.4, -0.2) is 19.2 Å². The molecule has 3 rings (SSSR count). The van der Waals surface area contributed by atoms with Crippen molar-refractivity contribution in [3.8, 4) is 0 Å². The highest BCUT2D eigenvalue weighted by atomic mass is 16.3. The molecule has 5 nitrogen and oxygen atoms in total. The lowest BCUT2D eigenvalue weighted by atomic mass is 10.1. The number of nitrogens with zero attached hydrogens (tertiary/aromatic N) is 3. The van der Waals surface area contributed by atoms with Crippen LogP contribution in [0.4, 0.5) is 0 Å². The zero-order chi connectivity index (χ0) is 15.7. The number of aryl methyl sites for hydroxylation is 1. The van der Waals surface area contributed by atoms with Crippen LogP contribution in [0.2, 0.25) is 0 Å². The minimum absolute atomic E-state index is 0.0238. The lowest BCUT2D eigenvalue weighted by Gasteiger charge is -2.13. The average molecular weight is 297 g/mol. The highest BCUT2D eigenvalue weighted by Gasteiger charge is 2.14. The van der Waals surface area contributed by atoms with Gasteiger partial charge in [0.1, 0.15) is 11.9 Å². The van der Waals surface area contributed by atoms with E-state index in [1.807, 2.05) is 41.8 Å². The summed E-state index contributed by atoms with van der Waals surface area (Å²) in [6.45, 7) is 2.31. The molecule has 0 unspecified atom stereocenters. The summed E-state index contributed by atoms with van der Waals surface area (Å²) in [4.78, 5) is 16.7. The zero-order valence-corrected chi connectivity index (χ0v) is 12.7. The average Bonchev–Trinajstić information content (AvgIpc) is 3.00. The second-order valence-corrected chi connectivity index (χ2v) is 5.43. The third-order valence-corrected chi connectivity index (χ3v) is 3.98. The van der Waals surface area contributed by atoms with Crippen LogP contribution in [0.15, 0.2) is 47.5 Å². The summed E-state index contributed by atoms with van der Waals surface area (Å²) in [6, 6.07) is 9.73. The number of aromatic nitrogens is 3. The van der Waals surface area contributed by atoms with E-state index in [0.29, 0.717) is 24.4 Å². The van der Waals surface area contributed by atoms with Crippen LogP contribution in [0.25, 0.3) is 10.9 Å². The van der Waals surface area contributed by atoms with Crippen LogP contribution in [0.3, 0.4) is 0 Å². The maximum atomic E-state index is 12.5. The molecule has 0 aliphatic carbocycles. The molecule has 0 amide bonds. The number of imidazole rings is 1. The van der Waals surface area contributed by atoms with E-state index in [1.165, 1.54) is 0 Å². The van der Waals surface area contributed by atoms with E-state index in [2.05, 4.69) is 4.98 Å². The molecule has 0 bridgehead atoms. The first-order valence-electron chi connectivity index (χ1n) is 7.38. The Labute approximate surface area is 128 Å². The highest BCUT2D eigenvalue weighted by Crippen LogP contribution is 2.17. The Morgan fingerprint density at radius 2 is 2.09 bits per heavy atom. The SMILES string of the molecule is CC[C@@H](O)c1nccn1Cc1cc2ccccc2n(C)c1=O. The Kier molecular flexibility index (Phi) is 3.81. The third kappa shape index (κ3) is 2.44. The molecule has 0 radical (unpaired) electrons. The van der Waals surface area contributed by atoms with Crippen LogP contribution in [-0.2, 0) is 13.6 Å². The summed E-state index contributed by atoms with van der Waals surface area (Å²) in [5, 5.41) is 11.0. The molecule has 22 heavy (non-hydrogen) atoms. The molecule has 1 aromatic carbocycles. The minimum Gasteiger partial charge on any atom is -0.385 e. The summed E-state index contributed by atoms with van der Waals surface area (Å²) in [6.07, 6.45) is 3.43. The highest BCUT2D eigenvalue weighted by molar-refractivity contribution is 5.79. The molecule has 0 saturated heterocycles. The zero-order valence-electron chi connectivity index (χ0n) is 12.7. The fraction of sp³-hybridized carbons (Fsp3) is 0.294. The first-order chi connectivity index (χ1) is 10.6. The van der Waals surface area contributed by atoms with Crippen molar-refractivity contribution in [3.05, 3.63) is 64.5 Å². The van der Waals surface area contributed by atoms with Gasteiger partial charge in [-0.2, -0.15) is 0 Å². The summed E-state index contributed by atoms with van der Waals surface area (Å²) >= 11 is 0. The number of fused-ring (bicyclic) bond motifs is 1. The number of hydrogen-bond donors (Lipinski definition) is 1. The molecule has 0 saturated carbocycles. The van der Waals surface area contributed by atoms with Gasteiger partial charge in [-0.15, -0.1) is 0 Å². The van der Waals surface area contributed by atoms with Crippen molar-refractivity contribution in [2.45, 2.75) is 26.0 Å². The molecule has 2 aromatic heterocycles. The van der Waals surface area contributed by atoms with Crippen LogP contribution in [0, 0.1) is 0 Å². The van der Waals surface area contributed by atoms with Gasteiger partial charge in [-0.3, -0.25) is 4.79 Å². The molecule has 1 N–H and O–H groups in total. The second-order valence-electron chi connectivity index (χ2n) is 5.43. The van der Waals surface area contributed by atoms with Crippen molar-refractivity contribution in [2.75, 3.05) is 0 Å². The molecular formula is C17H19N3O2. The Balaban J connectivity index is 2.07. The monoisotopic (exact) mass is 297 g/mol. The van der Waals surface area contributed by atoms with Gasteiger partial charge in [0.25, 0.3) is 5.56 Å². The predicted octanol–water partition coefficient (Wildman–Crippen LogP) is 2.23. The van der Waals surface area contributed by atoms with Crippen LogP contribution < -0.4 is 5.56 Å². The van der Waals surface area contributed by atoms with Crippen molar-refractivity contribution in [3.63, 3.8) is 0 Å². The number of pyridine rings is 1. The molecular weight excluding hydrogens is 278 g/mol. The summed E-state index contributed by atoms with van der Waals surface area (Å²) in [5.74, 6) is 0.595. The largest absolute Gasteiger partial charge is 0.385 e. The lowest BCUT2D eigenvalue weighted by molar-refractivity contribution is 0.159. The summed E-state index contributed by atoms with van der Waals surface area (Å²) < 4.78 is 3.50. The maximum absolute atomic E-state index is 12.5. The normalized spacial score (nSPS) is 12.7. The molecule has 1 atom stereocenters. The van der Waals surface area contributed by atoms with Gasteiger partial charge in [0.2, 0.25) is 0 Å². The number of hydrogen-bond acceptors (Lipinski definition) is 3. The Hall–Kier alpha value is -2.40. The molecule has 5 heteroatoms. The van der Waals surface area contributed by atoms with E-state index in [1.54, 1.807) is 24.0 Å². The molecule has 114 valence electrons. The Morgan fingerprint density at radius 1 is 1.32 bits per heavy atom. The number of benzene rings is 1. The lowest BCUT2D eigenvalue weighted by Crippen LogP contribution is -2.23. The molecule has 0 aliphatic rings. The smallest absolute Gasteiger partial charge is 0.255 e. The second kappa shape index (κ2) is 5.77. The molecule has 2 heterocycles. The van der Waals surface area contributed by atoms with Gasteiger partial charge in [0.15, 0.2) is 0 Å². The van der Waals surface area contributed by atoms with Crippen molar-refractivity contribution >= 4 is 10.9 Å². The van der Waals surface area contributed by atoms with Crippen LogP contribution in [0.1, 0.15) is 30.8 Å². The van der Waals surface area contributed by atoms with Crippen LogP contribution >= 0.6 is 0 Å². The van der Waals surface area contributed by atoms with Gasteiger partial charge in [-0.25, -0.2) is 4.98 Å². The van der Waals surface area contributed by atoms with E-state index in [0.717, 1.165) is 10.9 Å². The first-order valence-corrected chi connectivity index (χ1v) is 7.38. The van der Waals surface area contributed by atoms with E-state index in [9.17, 15) is 9.90 Å². The maximum Gasteiger partial charge on any atom is 0.255 e. The fourth-order valence-corrected chi connectivity index (χ4v) is 2.72. The predicted molar refractivity (Wildman–Crippen MR) is 85.8 cm³/mol. The number of rotatable bonds is 4. The van der Waals surface area contributed by atoms with Gasteiger partial charge in [0, 0.05) is 25.0 Å². The Morgan fingerprint density at radius 3 is 2.86 bits per heavy atom. The molecule has 3 aromatic rings. The minimum atomic E-state index is -0.612. The fourth-order valence-electron chi connectivity index (χ4n) is 2.72. The quantitative estimate of drug-likeness (QED) is 0.803. The van der Waals surface area contributed by atoms with Gasteiger partial charge in [-0.1, -0.05) is 25.1 Å². The van der Waals surface area contributed by atoms with Gasteiger partial charge < -0.3 is 14.2 Å². The van der Waals surface area contributed by atoms with Crippen molar-refractivity contribution in [2.24, 2.45) is 7.05 Å². The molecule has 0 spiro atoms. The summed E-state index contributed by atoms with van der Waals surface area (Å²) in [7, 11) is 1.78. The number of para-hydroxylation sites is 1. The van der Waals surface area contributed by atoms with Crippen molar-refractivity contribution < 1.29 is 5.11 Å². The van der Waals surface area contributed by atoms with Gasteiger partial charge >= 0.3 is 0 Å². The van der Waals surface area contributed by atoms with Crippen molar-refractivity contribution in [1.82, 2.24) is 14.1 Å². The van der Waals surface area contributed by atoms with Crippen LogP contribution in [0.5, 0.6) is 0 Å². The third-order valence-electron chi connectivity index (χ3n) is 3.98. The molecule has 0 fully saturated rings. The standard InChI is InChI=1S/C17H19N3O2/c1-3-15(21)16-18-8-9-20(16)11-13-10-12-6-4-5-7-14(12)19(2)17(13)22/h4-10,15,21H,3,11H2,1-2H3/t15-/m1/s1. The Bertz CT molecular complexity index is 864. The topological polar surface area (TPSA) is 60.1 Å². The van der Waals surface area contributed by atoms with Crippen molar-refractivity contribution in [1.29, 1.82) is 0 Å². The molecule has 0 aliphatic heterocycles. The van der Waals surface area contributed by atoms with Gasteiger partial charge in [0.05, 0.1) is 12.1 Å². The van der Waals surface area contributed by atoms with Gasteiger partial charge in [-0.05, 0) is 23.9 Å².